The maximum Gasteiger partial charge on any atom is 0.270 e. The first-order chi connectivity index (χ1) is 12.7. The van der Waals surface area contributed by atoms with Gasteiger partial charge in [-0.1, -0.05) is 36.0 Å². The highest BCUT2D eigenvalue weighted by Crippen LogP contribution is 2.26. The summed E-state index contributed by atoms with van der Waals surface area (Å²) in [7, 11) is 0. The second-order valence-electron chi connectivity index (χ2n) is 5.43. The summed E-state index contributed by atoms with van der Waals surface area (Å²) in [6, 6.07) is 12.2. The zero-order chi connectivity index (χ0) is 18.4. The van der Waals surface area contributed by atoms with Gasteiger partial charge in [0.2, 0.25) is 0 Å². The lowest BCUT2D eigenvalue weighted by Gasteiger charge is -2.07. The molecule has 2 aromatic heterocycles. The Kier molecular flexibility index (Phi) is 5.75. The lowest BCUT2D eigenvalue weighted by atomic mass is 10.2. The van der Waals surface area contributed by atoms with E-state index in [1.54, 1.807) is 36.2 Å². The topological polar surface area (TPSA) is 86.7 Å². The number of nitro benzene ring substituents is 1. The molecule has 0 aliphatic heterocycles. The predicted octanol–water partition coefficient (Wildman–Crippen LogP) is 3.77. The van der Waals surface area contributed by atoms with Crippen LogP contribution in [0.2, 0.25) is 0 Å². The normalized spacial score (nSPS) is 10.6. The molecule has 3 aromatic rings. The largest absolute Gasteiger partial charge is 0.298 e. The monoisotopic (exact) mass is 367 g/mol. The van der Waals surface area contributed by atoms with Crippen molar-refractivity contribution in [3.63, 3.8) is 0 Å². The van der Waals surface area contributed by atoms with Crippen LogP contribution in [0.4, 0.5) is 5.69 Å². The van der Waals surface area contributed by atoms with Crippen molar-refractivity contribution in [2.75, 3.05) is 5.75 Å². The molecule has 0 saturated heterocycles. The summed E-state index contributed by atoms with van der Waals surface area (Å²) < 4.78 is 1.91. The number of non-ortho nitro benzene ring substituents is 1. The van der Waals surface area contributed by atoms with Gasteiger partial charge in [-0.25, -0.2) is 0 Å². The first-order valence-corrected chi connectivity index (χ1v) is 8.99. The Morgan fingerprint density at radius 1 is 1.23 bits per heavy atom. The van der Waals surface area contributed by atoms with Crippen LogP contribution in [0.1, 0.15) is 5.69 Å². The zero-order valence-electron chi connectivity index (χ0n) is 14.0. The van der Waals surface area contributed by atoms with Crippen LogP contribution in [0.25, 0.3) is 11.4 Å². The highest BCUT2D eigenvalue weighted by Gasteiger charge is 2.16. The van der Waals surface area contributed by atoms with Gasteiger partial charge in [0, 0.05) is 41.9 Å². The second-order valence-corrected chi connectivity index (χ2v) is 6.49. The number of thioether (sulfide) groups is 1. The summed E-state index contributed by atoms with van der Waals surface area (Å²) in [6.45, 7) is 4.31. The molecule has 0 atom stereocenters. The summed E-state index contributed by atoms with van der Waals surface area (Å²) in [6.07, 6.45) is 4.35. The molecule has 0 unspecified atom stereocenters. The lowest BCUT2D eigenvalue weighted by Crippen LogP contribution is -2.02. The summed E-state index contributed by atoms with van der Waals surface area (Å²) >= 11 is 1.58. The molecule has 0 spiro atoms. The molecule has 0 saturated carbocycles. The Bertz CT molecular complexity index is 911. The van der Waals surface area contributed by atoms with Gasteiger partial charge in [0.05, 0.1) is 4.92 Å². The Morgan fingerprint density at radius 2 is 2.12 bits per heavy atom. The molecule has 0 bridgehead atoms. The standard InChI is InChI=1S/C18H17N5O2S/c1-2-11-22-17(14-6-5-8-16(13-14)23(24)25)20-21-18(22)26-12-9-15-7-3-4-10-19-15/h2-8,10,13H,1,9,11-12H2. The third-order valence-electron chi connectivity index (χ3n) is 3.66. The van der Waals surface area contributed by atoms with Crippen molar-refractivity contribution in [1.29, 1.82) is 0 Å². The number of pyridine rings is 1. The van der Waals surface area contributed by atoms with Crippen LogP contribution >= 0.6 is 11.8 Å². The number of hydrogen-bond acceptors (Lipinski definition) is 6. The first kappa shape index (κ1) is 17.8. The van der Waals surface area contributed by atoms with Crippen molar-refractivity contribution in [2.45, 2.75) is 18.1 Å². The van der Waals surface area contributed by atoms with Crippen molar-refractivity contribution in [1.82, 2.24) is 19.7 Å². The van der Waals surface area contributed by atoms with E-state index in [1.807, 2.05) is 22.8 Å². The van der Waals surface area contributed by atoms with Crippen LogP contribution in [0.3, 0.4) is 0 Å². The van der Waals surface area contributed by atoms with Gasteiger partial charge in [0.25, 0.3) is 5.69 Å². The minimum Gasteiger partial charge on any atom is -0.298 e. The highest BCUT2D eigenvalue weighted by atomic mass is 32.2. The lowest BCUT2D eigenvalue weighted by molar-refractivity contribution is -0.384. The van der Waals surface area contributed by atoms with E-state index in [1.165, 1.54) is 12.1 Å². The van der Waals surface area contributed by atoms with E-state index >= 15 is 0 Å². The van der Waals surface area contributed by atoms with Crippen molar-refractivity contribution in [3.05, 3.63) is 77.1 Å². The van der Waals surface area contributed by atoms with Crippen LogP contribution in [0, 0.1) is 10.1 Å². The van der Waals surface area contributed by atoms with E-state index in [2.05, 4.69) is 21.8 Å². The average Bonchev–Trinajstić information content (AvgIpc) is 3.06. The summed E-state index contributed by atoms with van der Waals surface area (Å²) in [4.78, 5) is 14.9. The minimum absolute atomic E-state index is 0.0278. The minimum atomic E-state index is -0.416. The molecule has 7 nitrogen and oxygen atoms in total. The molecular weight excluding hydrogens is 350 g/mol. The SMILES string of the molecule is C=CCn1c(SCCc2ccccn2)nnc1-c1cccc([N+](=O)[O-])c1. The molecule has 0 amide bonds. The van der Waals surface area contributed by atoms with Gasteiger partial charge in [0.1, 0.15) is 0 Å². The van der Waals surface area contributed by atoms with E-state index in [4.69, 9.17) is 0 Å². The van der Waals surface area contributed by atoms with Gasteiger partial charge >= 0.3 is 0 Å². The first-order valence-electron chi connectivity index (χ1n) is 8.00. The number of allylic oxidation sites excluding steroid dienone is 1. The maximum atomic E-state index is 11.0. The summed E-state index contributed by atoms with van der Waals surface area (Å²) in [5, 5.41) is 20.3. The van der Waals surface area contributed by atoms with Crippen molar-refractivity contribution >= 4 is 17.4 Å². The van der Waals surface area contributed by atoms with Crippen molar-refractivity contribution in [3.8, 4) is 11.4 Å². The van der Waals surface area contributed by atoms with Crippen LogP contribution in [0.15, 0.2) is 66.5 Å². The van der Waals surface area contributed by atoms with Gasteiger partial charge < -0.3 is 0 Å². The summed E-state index contributed by atoms with van der Waals surface area (Å²) in [5.41, 5.74) is 1.71. The Hall–Kier alpha value is -3.00. The van der Waals surface area contributed by atoms with Crippen LogP contribution < -0.4 is 0 Å². The number of aryl methyl sites for hydroxylation is 1. The third-order valence-corrected chi connectivity index (χ3v) is 4.63. The summed E-state index contributed by atoms with van der Waals surface area (Å²) in [5.74, 6) is 1.40. The molecule has 0 fully saturated rings. The van der Waals surface area contributed by atoms with Crippen molar-refractivity contribution < 1.29 is 4.92 Å². The number of hydrogen-bond donors (Lipinski definition) is 0. The van der Waals surface area contributed by atoms with Gasteiger partial charge in [-0.05, 0) is 18.6 Å². The Labute approximate surface area is 155 Å². The number of nitro groups is 1. The predicted molar refractivity (Wildman–Crippen MR) is 101 cm³/mol. The van der Waals surface area contributed by atoms with Gasteiger partial charge in [0.15, 0.2) is 11.0 Å². The smallest absolute Gasteiger partial charge is 0.270 e. The number of rotatable bonds is 8. The molecular formula is C18H17N5O2S. The van der Waals surface area contributed by atoms with E-state index in [-0.39, 0.29) is 5.69 Å². The number of nitrogens with zero attached hydrogens (tertiary/aromatic N) is 5. The van der Waals surface area contributed by atoms with Crippen molar-refractivity contribution in [2.24, 2.45) is 0 Å². The zero-order valence-corrected chi connectivity index (χ0v) is 14.8. The molecule has 0 radical (unpaired) electrons. The Morgan fingerprint density at radius 3 is 2.85 bits per heavy atom. The van der Waals surface area contributed by atoms with Gasteiger partial charge in [-0.15, -0.1) is 16.8 Å². The fourth-order valence-electron chi connectivity index (χ4n) is 2.45. The highest BCUT2D eigenvalue weighted by molar-refractivity contribution is 7.99. The molecule has 2 heterocycles. The van der Waals surface area contributed by atoms with E-state index in [0.29, 0.717) is 17.9 Å². The van der Waals surface area contributed by atoms with Gasteiger partial charge in [-0.2, -0.15) is 0 Å². The second kappa shape index (κ2) is 8.39. The van der Waals surface area contributed by atoms with Gasteiger partial charge in [-0.3, -0.25) is 19.7 Å². The van der Waals surface area contributed by atoms with Crippen LogP contribution in [0.5, 0.6) is 0 Å². The number of aromatic nitrogens is 4. The maximum absolute atomic E-state index is 11.0. The molecule has 1 aromatic carbocycles. The molecule has 0 aliphatic carbocycles. The van der Waals surface area contributed by atoms with Crippen LogP contribution in [-0.4, -0.2) is 30.4 Å². The molecule has 132 valence electrons. The Balaban J connectivity index is 1.80. The molecule has 0 N–H and O–H groups in total. The van der Waals surface area contributed by atoms with E-state index in [0.717, 1.165) is 23.0 Å². The molecule has 0 aliphatic rings. The quantitative estimate of drug-likeness (QED) is 0.261. The molecule has 8 heteroatoms. The fourth-order valence-corrected chi connectivity index (χ4v) is 3.36. The molecule has 3 rings (SSSR count). The molecule has 26 heavy (non-hydrogen) atoms. The van der Waals surface area contributed by atoms with E-state index in [9.17, 15) is 10.1 Å². The number of benzene rings is 1. The average molecular weight is 367 g/mol. The third kappa shape index (κ3) is 4.15. The van der Waals surface area contributed by atoms with Crippen LogP contribution in [-0.2, 0) is 13.0 Å². The fraction of sp³-hybridized carbons (Fsp3) is 0.167. The van der Waals surface area contributed by atoms with E-state index < -0.39 is 4.92 Å².